The van der Waals surface area contributed by atoms with Crippen LogP contribution in [0.4, 0.5) is 10.5 Å². The first kappa shape index (κ1) is 31.7. The van der Waals surface area contributed by atoms with E-state index in [4.69, 9.17) is 14.2 Å². The molecule has 0 aliphatic carbocycles. The van der Waals surface area contributed by atoms with Gasteiger partial charge in [-0.25, -0.2) is 4.79 Å². The van der Waals surface area contributed by atoms with Crippen molar-refractivity contribution < 1.29 is 57.4 Å². The number of nitrogens with one attached hydrogen (secondary N) is 1. The molecule has 3 aromatic rings. The fraction of sp³-hybridized carbons (Fsp3) is 0.375. The van der Waals surface area contributed by atoms with Crippen molar-refractivity contribution in [3.8, 4) is 5.75 Å². The number of carbonyl (C=O) groups excluding carboxylic acids is 2. The second kappa shape index (κ2) is 14.8. The lowest BCUT2D eigenvalue weighted by Gasteiger charge is -2.37. The molecule has 0 saturated carbocycles. The van der Waals surface area contributed by atoms with Gasteiger partial charge >= 0.3 is 6.09 Å². The Bertz CT molecular complexity index is 1300. The number of likely N-dealkylation sites (N-methyl/N-ethyl adjacent to an activating group) is 1. The van der Waals surface area contributed by atoms with E-state index in [9.17, 15) is 14.7 Å². The van der Waals surface area contributed by atoms with Gasteiger partial charge < -0.3 is 53.1 Å². The zero-order chi connectivity index (χ0) is 28.7. The number of nitrogens with zero attached hydrogens (tertiary/aromatic N) is 2. The maximum Gasteiger partial charge on any atom is 0.415 e. The molecule has 2 N–H and O–H groups in total. The summed E-state index contributed by atoms with van der Waals surface area (Å²) in [7, 11) is 2.23. The van der Waals surface area contributed by atoms with Crippen LogP contribution in [-0.4, -0.2) is 80.7 Å². The molecule has 10 heteroatoms. The van der Waals surface area contributed by atoms with Crippen LogP contribution in [0.2, 0.25) is 0 Å². The van der Waals surface area contributed by atoms with Gasteiger partial charge in [0.05, 0.1) is 33.4 Å². The number of anilines is 1. The second-order valence-electron chi connectivity index (χ2n) is 10.8. The van der Waals surface area contributed by atoms with Gasteiger partial charge in [-0.15, -0.1) is 0 Å². The zero-order valence-corrected chi connectivity index (χ0v) is 25.9. The number of quaternary nitrogens is 1. The highest BCUT2D eigenvalue weighted by atomic mass is 127. The normalized spacial score (nSPS) is 19.5. The average molecular weight is 688 g/mol. The van der Waals surface area contributed by atoms with E-state index in [0.29, 0.717) is 30.2 Å². The summed E-state index contributed by atoms with van der Waals surface area (Å²) in [5.41, 5.74) is 2.98. The van der Waals surface area contributed by atoms with Crippen LogP contribution in [0, 0.1) is 0 Å². The van der Waals surface area contributed by atoms with Crippen LogP contribution in [-0.2, 0) is 16.1 Å². The third-order valence-electron chi connectivity index (χ3n) is 7.85. The van der Waals surface area contributed by atoms with Crippen LogP contribution in [0.5, 0.6) is 5.75 Å². The molecule has 224 valence electrons. The van der Waals surface area contributed by atoms with E-state index in [2.05, 4.69) is 12.4 Å². The van der Waals surface area contributed by atoms with Gasteiger partial charge in [0.15, 0.2) is 6.10 Å². The Morgan fingerprint density at radius 2 is 1.71 bits per heavy atom. The van der Waals surface area contributed by atoms with Crippen LogP contribution in [0.25, 0.3) is 0 Å². The molecule has 0 unspecified atom stereocenters. The van der Waals surface area contributed by atoms with E-state index in [1.807, 2.05) is 54.6 Å². The minimum absolute atomic E-state index is 0. The third kappa shape index (κ3) is 7.80. The smallest absolute Gasteiger partial charge is 0.415 e. The van der Waals surface area contributed by atoms with Gasteiger partial charge in [0.25, 0.3) is 5.91 Å². The highest BCUT2D eigenvalue weighted by Gasteiger charge is 2.43. The number of amides is 2. The summed E-state index contributed by atoms with van der Waals surface area (Å²) >= 11 is 0. The number of ether oxygens (including phenoxy) is 3. The van der Waals surface area contributed by atoms with E-state index < -0.39 is 18.2 Å². The number of aliphatic hydroxyl groups excluding tert-OH is 1. The van der Waals surface area contributed by atoms with Crippen molar-refractivity contribution >= 4 is 17.7 Å². The van der Waals surface area contributed by atoms with E-state index in [1.165, 1.54) is 4.90 Å². The zero-order valence-electron chi connectivity index (χ0n) is 23.8. The van der Waals surface area contributed by atoms with Crippen molar-refractivity contribution in [3.63, 3.8) is 0 Å². The molecule has 0 spiro atoms. The lowest BCUT2D eigenvalue weighted by Crippen LogP contribution is -3.00. The van der Waals surface area contributed by atoms with E-state index >= 15 is 0 Å². The number of hydrogen-bond acceptors (Lipinski definition) is 6. The first-order valence-electron chi connectivity index (χ1n) is 14.1. The maximum absolute atomic E-state index is 12.9. The van der Waals surface area contributed by atoms with Gasteiger partial charge in [0, 0.05) is 24.2 Å². The molecule has 5 rings (SSSR count). The Kier molecular flexibility index (Phi) is 11.2. The van der Waals surface area contributed by atoms with Gasteiger partial charge in [-0.1, -0.05) is 42.5 Å². The molecule has 0 bridgehead atoms. The molecule has 2 aliphatic heterocycles. The average Bonchev–Trinajstić information content (AvgIpc) is 3.35. The number of cyclic esters (lactones) is 1. The van der Waals surface area contributed by atoms with Crippen molar-refractivity contribution in [1.82, 2.24) is 5.32 Å². The molecule has 2 atom stereocenters. The number of benzene rings is 3. The van der Waals surface area contributed by atoms with Gasteiger partial charge in [0.1, 0.15) is 31.5 Å². The van der Waals surface area contributed by atoms with Crippen LogP contribution < -0.4 is 38.9 Å². The number of carbonyl (C=O) groups is 2. The van der Waals surface area contributed by atoms with Crippen molar-refractivity contribution in [2.24, 2.45) is 0 Å². The van der Waals surface area contributed by atoms with E-state index in [-0.39, 0.29) is 36.5 Å². The van der Waals surface area contributed by atoms with Crippen LogP contribution in [0.1, 0.15) is 33.9 Å². The van der Waals surface area contributed by atoms with E-state index in [1.54, 1.807) is 24.3 Å². The van der Waals surface area contributed by atoms with Gasteiger partial charge in [-0.3, -0.25) is 9.69 Å². The minimum atomic E-state index is -0.724. The number of halogens is 1. The molecular formula is C32H38IN3O6. The highest BCUT2D eigenvalue weighted by Crippen LogP contribution is 2.38. The maximum atomic E-state index is 12.9. The van der Waals surface area contributed by atoms with Crippen molar-refractivity contribution in [3.05, 3.63) is 95.6 Å². The number of hydrogen-bond donors (Lipinski definition) is 2. The predicted molar refractivity (Wildman–Crippen MR) is 155 cm³/mol. The van der Waals surface area contributed by atoms with Gasteiger partial charge in [-0.05, 0) is 47.5 Å². The van der Waals surface area contributed by atoms with Crippen LogP contribution in [0.15, 0.2) is 78.9 Å². The largest absolute Gasteiger partial charge is 1.00 e. The lowest BCUT2D eigenvalue weighted by molar-refractivity contribution is -0.916. The number of rotatable bonds is 11. The van der Waals surface area contributed by atoms with Crippen LogP contribution in [0.3, 0.4) is 0 Å². The Labute approximate surface area is 264 Å². The summed E-state index contributed by atoms with van der Waals surface area (Å²) in [5.74, 6) is 0.548. The Morgan fingerprint density at radius 3 is 2.38 bits per heavy atom. The molecule has 3 aromatic carbocycles. The summed E-state index contributed by atoms with van der Waals surface area (Å²) in [6, 6.07) is 23.7. The van der Waals surface area contributed by atoms with E-state index in [0.717, 1.165) is 54.9 Å². The SMILES string of the molecule is C[N+]1(CCCNC(=O)c2ccc(N3C(=O)O[C@H](CO)[C@H]3c3ccc(OCc4ccccc4)cc3)cc2)CCOCC1.[I-]. The minimum Gasteiger partial charge on any atom is -1.00 e. The molecule has 2 heterocycles. The summed E-state index contributed by atoms with van der Waals surface area (Å²) in [6.07, 6.45) is -0.381. The molecule has 0 radical (unpaired) electrons. The molecule has 42 heavy (non-hydrogen) atoms. The molecular weight excluding hydrogens is 649 g/mol. The second-order valence-corrected chi connectivity index (χ2v) is 10.8. The monoisotopic (exact) mass is 687 g/mol. The fourth-order valence-electron chi connectivity index (χ4n) is 5.35. The molecule has 2 fully saturated rings. The number of morpholine rings is 1. The highest BCUT2D eigenvalue weighted by molar-refractivity contribution is 5.96. The molecule has 0 aromatic heterocycles. The molecule has 9 nitrogen and oxygen atoms in total. The van der Waals surface area contributed by atoms with Gasteiger partial charge in [-0.2, -0.15) is 0 Å². The molecule has 2 amide bonds. The van der Waals surface area contributed by atoms with Crippen molar-refractivity contribution in [2.45, 2.75) is 25.2 Å². The summed E-state index contributed by atoms with van der Waals surface area (Å²) in [6.45, 7) is 5.29. The van der Waals surface area contributed by atoms with Crippen molar-refractivity contribution in [1.29, 1.82) is 0 Å². The predicted octanol–water partition coefficient (Wildman–Crippen LogP) is 0.925. The Morgan fingerprint density at radius 1 is 1.02 bits per heavy atom. The Balaban J connectivity index is 0.00000405. The summed E-state index contributed by atoms with van der Waals surface area (Å²) in [4.78, 5) is 27.2. The quantitative estimate of drug-likeness (QED) is 0.177. The first-order valence-corrected chi connectivity index (χ1v) is 14.1. The Hall–Kier alpha value is -3.19. The third-order valence-corrected chi connectivity index (χ3v) is 7.85. The number of aliphatic hydroxyl groups is 1. The fourth-order valence-corrected chi connectivity index (χ4v) is 5.35. The first-order chi connectivity index (χ1) is 20.0. The molecule has 2 aliphatic rings. The van der Waals surface area contributed by atoms with Gasteiger partial charge in [0.2, 0.25) is 0 Å². The summed E-state index contributed by atoms with van der Waals surface area (Å²) in [5, 5.41) is 13.0. The van der Waals surface area contributed by atoms with Crippen LogP contribution >= 0.6 is 0 Å². The standard InChI is InChI=1S/C32H37N3O6.HI/c1-35(18-20-39-21-19-35)17-5-16-33-31(37)26-8-12-27(13-9-26)34-30(29(22-36)41-32(34)38)25-10-14-28(15-11-25)40-23-24-6-3-2-4-7-24;/h2-4,6-15,29-30,36H,5,16-23H2,1H3;1H/t29-,30-;/m1./s1. The summed E-state index contributed by atoms with van der Waals surface area (Å²) < 4.78 is 17.8. The topological polar surface area (TPSA) is 97.3 Å². The van der Waals surface area contributed by atoms with Crippen molar-refractivity contribution in [2.75, 3.05) is 57.9 Å². The molecule has 2 saturated heterocycles. The lowest BCUT2D eigenvalue weighted by atomic mass is 10.00.